The Labute approximate surface area is 104 Å². The summed E-state index contributed by atoms with van der Waals surface area (Å²) in [5.74, 6) is 0.286. The average molecular weight is 247 g/mol. The summed E-state index contributed by atoms with van der Waals surface area (Å²) in [6, 6.07) is 0.365. The first-order valence-corrected chi connectivity index (χ1v) is 6.22. The highest BCUT2D eigenvalue weighted by molar-refractivity contribution is 5.85. The molecule has 3 nitrogen and oxygen atoms in total. The number of amides is 1. The summed E-state index contributed by atoms with van der Waals surface area (Å²) in [5.41, 5.74) is -0.0720. The highest BCUT2D eigenvalue weighted by atomic mass is 35.5. The predicted octanol–water partition coefficient (Wildman–Crippen LogP) is 1.86. The number of halogens is 1. The molecule has 2 N–H and O–H groups in total. The fourth-order valence-corrected chi connectivity index (χ4v) is 2.72. The van der Waals surface area contributed by atoms with Gasteiger partial charge in [-0.15, -0.1) is 12.4 Å². The molecule has 1 aliphatic carbocycles. The molecule has 2 rings (SSSR count). The van der Waals surface area contributed by atoms with Crippen molar-refractivity contribution in [1.29, 1.82) is 0 Å². The first kappa shape index (κ1) is 13.8. The smallest absolute Gasteiger partial charge is 0.226 e. The van der Waals surface area contributed by atoms with Crippen molar-refractivity contribution in [2.45, 2.75) is 51.5 Å². The molecule has 1 saturated carbocycles. The lowest BCUT2D eigenvalue weighted by Gasteiger charge is -2.29. The number of hydrogen-bond acceptors (Lipinski definition) is 2. The van der Waals surface area contributed by atoms with Crippen LogP contribution >= 0.6 is 12.4 Å². The second kappa shape index (κ2) is 5.87. The minimum absolute atomic E-state index is 0. The number of hydrogen-bond donors (Lipinski definition) is 2. The van der Waals surface area contributed by atoms with Gasteiger partial charge in [-0.2, -0.15) is 0 Å². The minimum Gasteiger partial charge on any atom is -0.352 e. The van der Waals surface area contributed by atoms with E-state index in [0.29, 0.717) is 6.04 Å². The fraction of sp³-hybridized carbons (Fsp3) is 0.917. The Morgan fingerprint density at radius 3 is 2.56 bits per heavy atom. The summed E-state index contributed by atoms with van der Waals surface area (Å²) in [4.78, 5) is 12.1. The zero-order chi connectivity index (χ0) is 10.7. The maximum absolute atomic E-state index is 12.1. The van der Waals surface area contributed by atoms with Crippen molar-refractivity contribution < 1.29 is 4.79 Å². The highest BCUT2D eigenvalue weighted by Crippen LogP contribution is 2.37. The van der Waals surface area contributed by atoms with Gasteiger partial charge in [0, 0.05) is 18.0 Å². The normalized spacial score (nSPS) is 28.2. The Morgan fingerprint density at radius 2 is 2.00 bits per heavy atom. The SMILES string of the molecule is CC1(C(=O)N[C@@H]2CCCNC2)CCCC1.Cl. The number of carbonyl (C=O) groups is 1. The van der Waals surface area contributed by atoms with E-state index in [0.717, 1.165) is 32.4 Å². The van der Waals surface area contributed by atoms with Crippen LogP contribution in [0.3, 0.4) is 0 Å². The average Bonchev–Trinajstić information content (AvgIpc) is 2.68. The van der Waals surface area contributed by atoms with Crippen LogP contribution in [0.4, 0.5) is 0 Å². The zero-order valence-electron chi connectivity index (χ0n) is 10.1. The summed E-state index contributed by atoms with van der Waals surface area (Å²) in [5, 5.41) is 6.53. The van der Waals surface area contributed by atoms with Crippen LogP contribution < -0.4 is 10.6 Å². The van der Waals surface area contributed by atoms with Gasteiger partial charge < -0.3 is 10.6 Å². The van der Waals surface area contributed by atoms with Crippen LogP contribution in [0.15, 0.2) is 0 Å². The first-order valence-electron chi connectivity index (χ1n) is 6.22. The molecule has 0 aromatic carbocycles. The third-order valence-electron chi connectivity index (χ3n) is 3.89. The molecule has 1 saturated heterocycles. The Kier molecular flexibility index (Phi) is 5.06. The van der Waals surface area contributed by atoms with Crippen molar-refractivity contribution in [2.24, 2.45) is 5.41 Å². The highest BCUT2D eigenvalue weighted by Gasteiger charge is 2.36. The molecule has 1 heterocycles. The molecule has 0 aromatic heterocycles. The van der Waals surface area contributed by atoms with Crippen LogP contribution in [0.2, 0.25) is 0 Å². The molecule has 0 aromatic rings. The van der Waals surface area contributed by atoms with Crippen LogP contribution in [-0.4, -0.2) is 25.0 Å². The third kappa shape index (κ3) is 3.11. The standard InChI is InChI=1S/C12H22N2O.ClH/c1-12(6-2-3-7-12)11(15)14-10-5-4-8-13-9-10;/h10,13H,2-9H2,1H3,(H,14,15);1H/t10-;/m1./s1. The van der Waals surface area contributed by atoms with Crippen molar-refractivity contribution in [1.82, 2.24) is 10.6 Å². The van der Waals surface area contributed by atoms with Crippen LogP contribution in [0.5, 0.6) is 0 Å². The number of piperidine rings is 1. The Morgan fingerprint density at radius 1 is 1.31 bits per heavy atom. The van der Waals surface area contributed by atoms with Gasteiger partial charge in [-0.3, -0.25) is 4.79 Å². The Bertz CT molecular complexity index is 233. The summed E-state index contributed by atoms with van der Waals surface area (Å²) in [6.07, 6.45) is 6.88. The van der Waals surface area contributed by atoms with E-state index in [-0.39, 0.29) is 23.7 Å². The van der Waals surface area contributed by atoms with Crippen molar-refractivity contribution in [3.05, 3.63) is 0 Å². The van der Waals surface area contributed by atoms with Gasteiger partial charge in [0.2, 0.25) is 5.91 Å². The molecule has 0 unspecified atom stereocenters. The van der Waals surface area contributed by atoms with Gasteiger partial charge in [0.1, 0.15) is 0 Å². The topological polar surface area (TPSA) is 41.1 Å². The van der Waals surface area contributed by atoms with E-state index in [1.165, 1.54) is 19.3 Å². The number of rotatable bonds is 2. The third-order valence-corrected chi connectivity index (χ3v) is 3.89. The molecular weight excluding hydrogens is 224 g/mol. The van der Waals surface area contributed by atoms with Gasteiger partial charge in [0.25, 0.3) is 0 Å². The maximum Gasteiger partial charge on any atom is 0.226 e. The van der Waals surface area contributed by atoms with Crippen LogP contribution in [-0.2, 0) is 4.79 Å². The zero-order valence-corrected chi connectivity index (χ0v) is 10.9. The van der Waals surface area contributed by atoms with Gasteiger partial charge in [-0.05, 0) is 32.2 Å². The molecule has 0 bridgehead atoms. The summed E-state index contributed by atoms with van der Waals surface area (Å²) in [7, 11) is 0. The van der Waals surface area contributed by atoms with Gasteiger partial charge in [-0.25, -0.2) is 0 Å². The summed E-state index contributed by atoms with van der Waals surface area (Å²) < 4.78 is 0. The van der Waals surface area contributed by atoms with Crippen LogP contribution in [0.1, 0.15) is 45.4 Å². The van der Waals surface area contributed by atoms with E-state index >= 15 is 0 Å². The van der Waals surface area contributed by atoms with Gasteiger partial charge in [0.05, 0.1) is 0 Å². The van der Waals surface area contributed by atoms with Crippen molar-refractivity contribution in [3.8, 4) is 0 Å². The fourth-order valence-electron chi connectivity index (χ4n) is 2.72. The molecule has 16 heavy (non-hydrogen) atoms. The molecule has 1 atom stereocenters. The second-order valence-electron chi connectivity index (χ2n) is 5.28. The van der Waals surface area contributed by atoms with E-state index in [9.17, 15) is 4.79 Å². The van der Waals surface area contributed by atoms with E-state index in [1.54, 1.807) is 0 Å². The maximum atomic E-state index is 12.1. The number of nitrogens with one attached hydrogen (secondary N) is 2. The summed E-state index contributed by atoms with van der Waals surface area (Å²) in [6.45, 7) is 4.16. The van der Waals surface area contributed by atoms with Crippen LogP contribution in [0, 0.1) is 5.41 Å². The van der Waals surface area contributed by atoms with Crippen LogP contribution in [0.25, 0.3) is 0 Å². The molecule has 94 valence electrons. The number of carbonyl (C=O) groups excluding carboxylic acids is 1. The molecule has 0 radical (unpaired) electrons. The molecule has 0 spiro atoms. The minimum atomic E-state index is -0.0720. The van der Waals surface area contributed by atoms with Crippen molar-refractivity contribution in [3.63, 3.8) is 0 Å². The van der Waals surface area contributed by atoms with Gasteiger partial charge in [-0.1, -0.05) is 19.8 Å². The predicted molar refractivity (Wildman–Crippen MR) is 67.9 cm³/mol. The molecule has 2 aliphatic rings. The van der Waals surface area contributed by atoms with E-state index in [1.807, 2.05) is 0 Å². The lowest BCUT2D eigenvalue weighted by Crippen LogP contribution is -2.49. The molecule has 4 heteroatoms. The van der Waals surface area contributed by atoms with Crippen molar-refractivity contribution in [2.75, 3.05) is 13.1 Å². The van der Waals surface area contributed by atoms with Gasteiger partial charge in [0.15, 0.2) is 0 Å². The largest absolute Gasteiger partial charge is 0.352 e. The second-order valence-corrected chi connectivity index (χ2v) is 5.28. The molecule has 2 fully saturated rings. The Balaban J connectivity index is 0.00000128. The monoisotopic (exact) mass is 246 g/mol. The first-order chi connectivity index (χ1) is 7.21. The van der Waals surface area contributed by atoms with E-state index in [4.69, 9.17) is 0 Å². The lowest BCUT2D eigenvalue weighted by atomic mass is 9.87. The van der Waals surface area contributed by atoms with E-state index in [2.05, 4.69) is 17.6 Å². The van der Waals surface area contributed by atoms with E-state index < -0.39 is 0 Å². The molecular formula is C12H23ClN2O. The molecule has 1 aliphatic heterocycles. The van der Waals surface area contributed by atoms with Crippen molar-refractivity contribution >= 4 is 18.3 Å². The molecule has 1 amide bonds. The summed E-state index contributed by atoms with van der Waals surface area (Å²) >= 11 is 0. The quantitative estimate of drug-likeness (QED) is 0.781. The lowest BCUT2D eigenvalue weighted by molar-refractivity contribution is -0.130. The Hall–Kier alpha value is -0.280. The van der Waals surface area contributed by atoms with Gasteiger partial charge >= 0.3 is 0 Å².